The number of benzene rings is 4. The monoisotopic (exact) mass is 377 g/mol. The first-order valence-corrected chi connectivity index (χ1v) is 9.73. The Labute approximate surface area is 168 Å². The van der Waals surface area contributed by atoms with Crippen LogP contribution in [0, 0.1) is 0 Å². The van der Waals surface area contributed by atoms with Crippen molar-refractivity contribution in [2.75, 3.05) is 16.9 Å². The molecule has 5 aromatic rings. The molecule has 0 fully saturated rings. The van der Waals surface area contributed by atoms with Crippen LogP contribution in [0.5, 0.6) is 5.75 Å². The third kappa shape index (κ3) is 2.32. The maximum absolute atomic E-state index is 11.0. The second-order valence-corrected chi connectivity index (χ2v) is 7.33. The van der Waals surface area contributed by atoms with Crippen LogP contribution in [-0.2, 0) is 0 Å². The van der Waals surface area contributed by atoms with Crippen molar-refractivity contribution in [3.05, 3.63) is 91.0 Å². The van der Waals surface area contributed by atoms with E-state index in [1.54, 1.807) is 0 Å². The molecule has 0 saturated heterocycles. The Morgan fingerprint density at radius 1 is 0.690 bits per heavy atom. The predicted molar refractivity (Wildman–Crippen MR) is 120 cm³/mol. The van der Waals surface area contributed by atoms with Crippen molar-refractivity contribution < 1.29 is 5.11 Å². The first-order valence-electron chi connectivity index (χ1n) is 9.73. The highest BCUT2D eigenvalue weighted by molar-refractivity contribution is 6.11. The summed E-state index contributed by atoms with van der Waals surface area (Å²) in [7, 11) is 0. The van der Waals surface area contributed by atoms with Gasteiger partial charge >= 0.3 is 0 Å². The molecule has 0 amide bonds. The highest BCUT2D eigenvalue weighted by Crippen LogP contribution is 2.44. The Morgan fingerprint density at radius 3 is 2.34 bits per heavy atom. The maximum Gasteiger partial charge on any atom is 0.140 e. The van der Waals surface area contributed by atoms with Crippen molar-refractivity contribution in [3.8, 4) is 11.4 Å². The van der Waals surface area contributed by atoms with Gasteiger partial charge in [0.2, 0.25) is 0 Å². The second-order valence-electron chi connectivity index (χ2n) is 7.33. The predicted octanol–water partition coefficient (Wildman–Crippen LogP) is 6.01. The lowest BCUT2D eigenvalue weighted by atomic mass is 10.1. The van der Waals surface area contributed by atoms with Gasteiger partial charge in [-0.3, -0.25) is 0 Å². The number of aromatic nitrogens is 1. The third-order valence-corrected chi connectivity index (χ3v) is 5.70. The van der Waals surface area contributed by atoms with Gasteiger partial charge in [-0.2, -0.15) is 0 Å². The number of aromatic hydroxyl groups is 1. The molecule has 1 aliphatic heterocycles. The molecule has 1 aliphatic rings. The number of nitrogens with zero attached hydrogens (tertiary/aromatic N) is 2. The van der Waals surface area contributed by atoms with Crippen molar-refractivity contribution in [2.24, 2.45) is 0 Å². The smallest absolute Gasteiger partial charge is 0.140 e. The minimum Gasteiger partial charge on any atom is -0.506 e. The van der Waals surface area contributed by atoms with Gasteiger partial charge in [-0.05, 0) is 42.5 Å². The lowest BCUT2D eigenvalue weighted by molar-refractivity contribution is 0.476. The lowest BCUT2D eigenvalue weighted by Crippen LogP contribution is -2.16. The standard InChI is InChI=1S/C25H19N3O/c29-25-14-19-18-10-4-6-12-21(18)28(17-8-2-1-3-9-17)23(19)15-24(25)27-16-26-20-11-5-7-13-22(20)27/h1-15,26,29H,16H2. The minimum absolute atomic E-state index is 0.284. The molecular weight excluding hydrogens is 358 g/mol. The van der Waals surface area contributed by atoms with E-state index in [-0.39, 0.29) is 5.75 Å². The van der Waals surface area contributed by atoms with E-state index in [0.29, 0.717) is 6.67 Å². The molecule has 1 aromatic heterocycles. The molecule has 140 valence electrons. The molecule has 0 atom stereocenters. The van der Waals surface area contributed by atoms with Crippen LogP contribution in [0.15, 0.2) is 91.0 Å². The molecular formula is C25H19N3O. The summed E-state index contributed by atoms with van der Waals surface area (Å²) in [5.74, 6) is 0.284. The molecule has 0 bridgehead atoms. The first-order chi connectivity index (χ1) is 14.3. The zero-order valence-electron chi connectivity index (χ0n) is 15.7. The Morgan fingerprint density at radius 2 is 1.45 bits per heavy atom. The zero-order valence-corrected chi connectivity index (χ0v) is 15.7. The van der Waals surface area contributed by atoms with E-state index in [0.717, 1.165) is 44.6 Å². The van der Waals surface area contributed by atoms with Crippen LogP contribution >= 0.6 is 0 Å². The molecule has 0 saturated carbocycles. The van der Waals surface area contributed by atoms with Gasteiger partial charge in [0, 0.05) is 16.5 Å². The van der Waals surface area contributed by atoms with Gasteiger partial charge in [0.1, 0.15) is 5.75 Å². The molecule has 0 radical (unpaired) electrons. The van der Waals surface area contributed by atoms with E-state index in [1.165, 1.54) is 0 Å². The van der Waals surface area contributed by atoms with Gasteiger partial charge in [0.15, 0.2) is 0 Å². The van der Waals surface area contributed by atoms with Crippen LogP contribution in [0.2, 0.25) is 0 Å². The molecule has 0 spiro atoms. The van der Waals surface area contributed by atoms with Gasteiger partial charge in [-0.1, -0.05) is 48.5 Å². The summed E-state index contributed by atoms with van der Waals surface area (Å²) >= 11 is 0. The molecule has 0 aliphatic carbocycles. The van der Waals surface area contributed by atoms with Crippen molar-refractivity contribution in [3.63, 3.8) is 0 Å². The summed E-state index contributed by atoms with van der Waals surface area (Å²) in [5.41, 5.74) is 6.27. The number of phenols is 1. The maximum atomic E-state index is 11.0. The van der Waals surface area contributed by atoms with E-state index in [1.807, 2.05) is 30.3 Å². The fourth-order valence-electron chi connectivity index (χ4n) is 4.39. The lowest BCUT2D eigenvalue weighted by Gasteiger charge is -2.20. The molecule has 6 rings (SSSR count). The Balaban J connectivity index is 1.66. The molecule has 0 unspecified atom stereocenters. The van der Waals surface area contributed by atoms with Crippen molar-refractivity contribution in [2.45, 2.75) is 0 Å². The SMILES string of the molecule is Oc1cc2c3ccccc3n(-c3ccccc3)c2cc1N1CNc2ccccc21. The molecule has 2 heterocycles. The van der Waals surface area contributed by atoms with Crippen LogP contribution in [0.4, 0.5) is 17.1 Å². The minimum atomic E-state index is 0.284. The van der Waals surface area contributed by atoms with Gasteiger partial charge in [-0.25, -0.2) is 0 Å². The topological polar surface area (TPSA) is 40.4 Å². The van der Waals surface area contributed by atoms with E-state index in [9.17, 15) is 5.11 Å². The number of rotatable bonds is 2. The average Bonchev–Trinajstić information content (AvgIpc) is 3.33. The van der Waals surface area contributed by atoms with Gasteiger partial charge < -0.3 is 19.9 Å². The van der Waals surface area contributed by atoms with Crippen LogP contribution in [0.1, 0.15) is 0 Å². The number of hydrogen-bond donors (Lipinski definition) is 2. The van der Waals surface area contributed by atoms with E-state index >= 15 is 0 Å². The van der Waals surface area contributed by atoms with Crippen molar-refractivity contribution in [1.82, 2.24) is 4.57 Å². The van der Waals surface area contributed by atoms with Gasteiger partial charge in [0.05, 0.1) is 34.8 Å². The number of nitrogens with one attached hydrogen (secondary N) is 1. The Hall–Kier alpha value is -3.92. The second kappa shape index (κ2) is 6.04. The molecule has 4 aromatic carbocycles. The molecule has 29 heavy (non-hydrogen) atoms. The quantitative estimate of drug-likeness (QED) is 0.396. The highest BCUT2D eigenvalue weighted by Gasteiger charge is 2.23. The summed E-state index contributed by atoms with van der Waals surface area (Å²) in [6.07, 6.45) is 0. The molecule has 4 heteroatoms. The van der Waals surface area contributed by atoms with Gasteiger partial charge in [0.25, 0.3) is 0 Å². The Bertz CT molecular complexity index is 1370. The van der Waals surface area contributed by atoms with Crippen LogP contribution < -0.4 is 10.2 Å². The molecule has 4 nitrogen and oxygen atoms in total. The number of anilines is 3. The number of para-hydroxylation sites is 4. The molecule has 2 N–H and O–H groups in total. The van der Waals surface area contributed by atoms with Crippen molar-refractivity contribution >= 4 is 38.9 Å². The van der Waals surface area contributed by atoms with Crippen LogP contribution in [0.3, 0.4) is 0 Å². The third-order valence-electron chi connectivity index (χ3n) is 5.70. The fraction of sp³-hybridized carbons (Fsp3) is 0.0400. The number of hydrogen-bond acceptors (Lipinski definition) is 3. The van der Waals surface area contributed by atoms with Crippen molar-refractivity contribution in [1.29, 1.82) is 0 Å². The Kier molecular flexibility index (Phi) is 3.35. The average molecular weight is 377 g/mol. The number of fused-ring (bicyclic) bond motifs is 4. The largest absolute Gasteiger partial charge is 0.506 e. The van der Waals surface area contributed by atoms with E-state index < -0.39 is 0 Å². The highest BCUT2D eigenvalue weighted by atomic mass is 16.3. The number of phenolic OH excluding ortho intramolecular Hbond substituents is 1. The summed E-state index contributed by atoms with van der Waals surface area (Å²) in [6, 6.07) is 30.9. The van der Waals surface area contributed by atoms with E-state index in [2.05, 4.69) is 75.4 Å². The van der Waals surface area contributed by atoms with Crippen LogP contribution in [-0.4, -0.2) is 16.3 Å². The fourth-order valence-corrected chi connectivity index (χ4v) is 4.39. The summed E-state index contributed by atoms with van der Waals surface area (Å²) in [6.45, 7) is 0.629. The summed E-state index contributed by atoms with van der Waals surface area (Å²) in [4.78, 5) is 2.12. The summed E-state index contributed by atoms with van der Waals surface area (Å²) in [5, 5.41) is 16.5. The van der Waals surface area contributed by atoms with Gasteiger partial charge in [-0.15, -0.1) is 0 Å². The zero-order chi connectivity index (χ0) is 19.4. The summed E-state index contributed by atoms with van der Waals surface area (Å²) < 4.78 is 2.27. The first kappa shape index (κ1) is 16.1. The van der Waals surface area contributed by atoms with E-state index in [4.69, 9.17) is 0 Å². The normalized spacial score (nSPS) is 13.0. The van der Waals surface area contributed by atoms with Crippen LogP contribution in [0.25, 0.3) is 27.5 Å².